The molecular formula is C19H22N4OS. The van der Waals surface area contributed by atoms with Gasteiger partial charge in [0.05, 0.1) is 6.54 Å². The highest BCUT2D eigenvalue weighted by Crippen LogP contribution is 2.14. The molecule has 0 saturated carbocycles. The zero-order valence-corrected chi connectivity index (χ0v) is 15.2. The number of amides is 1. The molecule has 0 radical (unpaired) electrons. The van der Waals surface area contributed by atoms with Gasteiger partial charge in [0.25, 0.3) is 0 Å². The molecule has 0 bridgehead atoms. The molecule has 0 unspecified atom stereocenters. The summed E-state index contributed by atoms with van der Waals surface area (Å²) in [5.41, 5.74) is 1.39. The molecule has 0 spiro atoms. The zero-order chi connectivity index (χ0) is 18.1. The van der Waals surface area contributed by atoms with Crippen LogP contribution in [0.2, 0.25) is 0 Å². The normalized spacial score (nSPS) is 10.8. The van der Waals surface area contributed by atoms with Gasteiger partial charge in [-0.25, -0.2) is 4.99 Å². The van der Waals surface area contributed by atoms with Crippen molar-refractivity contribution in [1.82, 2.24) is 10.6 Å². The summed E-state index contributed by atoms with van der Waals surface area (Å²) >= 11 is 1.74. The van der Waals surface area contributed by atoms with Crippen molar-refractivity contribution in [3.63, 3.8) is 0 Å². The Balaban J connectivity index is 1.90. The van der Waals surface area contributed by atoms with Gasteiger partial charge in [0.1, 0.15) is 6.54 Å². The van der Waals surface area contributed by atoms with E-state index in [2.05, 4.69) is 45.9 Å². The Kier molecular flexibility index (Phi) is 7.05. The number of hydrogen-bond donors (Lipinski definition) is 3. The van der Waals surface area contributed by atoms with E-state index in [0.717, 1.165) is 12.1 Å². The van der Waals surface area contributed by atoms with Crippen LogP contribution in [0.4, 0.5) is 5.69 Å². The average Bonchev–Trinajstić information content (AvgIpc) is 3.03. The fraction of sp³-hybridized carbons (Fsp3) is 0.263. The van der Waals surface area contributed by atoms with Crippen LogP contribution in [-0.4, -0.2) is 25.0 Å². The molecule has 1 aromatic heterocycles. The fourth-order valence-corrected chi connectivity index (χ4v) is 2.96. The number of hydrogen-bond acceptors (Lipinski definition) is 3. The lowest BCUT2D eigenvalue weighted by Crippen LogP contribution is -2.37. The Bertz CT molecular complexity index is 789. The Morgan fingerprint density at radius 1 is 1.28 bits per heavy atom. The zero-order valence-electron chi connectivity index (χ0n) is 14.4. The number of thiophene rings is 1. The molecule has 5 nitrogen and oxygen atoms in total. The number of anilines is 1. The van der Waals surface area contributed by atoms with Crippen LogP contribution >= 0.6 is 11.3 Å². The third-order valence-electron chi connectivity index (χ3n) is 3.26. The number of guanidine groups is 1. The number of aliphatic imine (C=N–C) groups is 1. The van der Waals surface area contributed by atoms with Crippen molar-refractivity contribution in [1.29, 1.82) is 0 Å². The van der Waals surface area contributed by atoms with Crippen LogP contribution in [0.25, 0.3) is 0 Å². The quantitative estimate of drug-likeness (QED) is 0.425. The minimum atomic E-state index is -0.196. The van der Waals surface area contributed by atoms with E-state index in [-0.39, 0.29) is 12.5 Å². The Morgan fingerprint density at radius 2 is 2.12 bits per heavy atom. The van der Waals surface area contributed by atoms with Crippen molar-refractivity contribution < 1.29 is 4.79 Å². The Labute approximate surface area is 152 Å². The van der Waals surface area contributed by atoms with Crippen molar-refractivity contribution in [3.05, 3.63) is 51.7 Å². The number of terminal acetylenes is 1. The summed E-state index contributed by atoms with van der Waals surface area (Å²) < 4.78 is 0. The summed E-state index contributed by atoms with van der Waals surface area (Å²) in [6.07, 6.45) is 5.36. The molecule has 0 aliphatic rings. The minimum absolute atomic E-state index is 0.0269. The van der Waals surface area contributed by atoms with Gasteiger partial charge < -0.3 is 16.0 Å². The molecule has 6 heteroatoms. The lowest BCUT2D eigenvalue weighted by atomic mass is 10.2. The van der Waals surface area contributed by atoms with Crippen LogP contribution in [-0.2, 0) is 11.3 Å². The van der Waals surface area contributed by atoms with Crippen molar-refractivity contribution >= 4 is 28.9 Å². The van der Waals surface area contributed by atoms with Gasteiger partial charge in [-0.05, 0) is 44.2 Å². The second kappa shape index (κ2) is 9.50. The van der Waals surface area contributed by atoms with E-state index in [4.69, 9.17) is 6.42 Å². The van der Waals surface area contributed by atoms with Crippen LogP contribution in [0.1, 0.15) is 22.2 Å². The summed E-state index contributed by atoms with van der Waals surface area (Å²) in [7, 11) is 0. The van der Waals surface area contributed by atoms with Gasteiger partial charge in [0.2, 0.25) is 5.91 Å². The molecule has 1 heterocycles. The van der Waals surface area contributed by atoms with E-state index in [9.17, 15) is 4.79 Å². The topological polar surface area (TPSA) is 65.5 Å². The first-order valence-electron chi connectivity index (χ1n) is 8.04. The average molecular weight is 354 g/mol. The molecule has 0 atom stereocenters. The van der Waals surface area contributed by atoms with Crippen LogP contribution in [0.3, 0.4) is 0 Å². The number of rotatable bonds is 6. The fourth-order valence-electron chi connectivity index (χ4n) is 2.13. The molecule has 2 aromatic rings. The predicted octanol–water partition coefficient (Wildman–Crippen LogP) is 2.73. The molecule has 130 valence electrons. The van der Waals surface area contributed by atoms with E-state index in [1.807, 2.05) is 19.1 Å². The smallest absolute Gasteiger partial charge is 0.246 e. The number of aryl methyl sites for hydroxylation is 1. The van der Waals surface area contributed by atoms with Crippen molar-refractivity contribution in [3.8, 4) is 12.3 Å². The van der Waals surface area contributed by atoms with Crippen LogP contribution in [0, 0.1) is 19.3 Å². The maximum absolute atomic E-state index is 12.1. The first kappa shape index (κ1) is 18.6. The highest BCUT2D eigenvalue weighted by atomic mass is 32.1. The van der Waals surface area contributed by atoms with Gasteiger partial charge in [-0.1, -0.05) is 12.0 Å². The Hall–Kier alpha value is -2.78. The van der Waals surface area contributed by atoms with E-state index in [0.29, 0.717) is 18.2 Å². The molecule has 0 aliphatic carbocycles. The van der Waals surface area contributed by atoms with Gasteiger partial charge in [-0.3, -0.25) is 4.79 Å². The molecule has 0 saturated heterocycles. The Morgan fingerprint density at radius 3 is 2.80 bits per heavy atom. The molecule has 3 N–H and O–H groups in total. The van der Waals surface area contributed by atoms with Crippen LogP contribution in [0.15, 0.2) is 41.4 Å². The summed E-state index contributed by atoms with van der Waals surface area (Å²) in [4.78, 5) is 18.9. The van der Waals surface area contributed by atoms with Gasteiger partial charge in [-0.2, -0.15) is 0 Å². The summed E-state index contributed by atoms with van der Waals surface area (Å²) in [5.74, 6) is 2.96. The second-order valence-electron chi connectivity index (χ2n) is 5.33. The molecule has 0 fully saturated rings. The highest BCUT2D eigenvalue weighted by molar-refractivity contribution is 7.11. The summed E-state index contributed by atoms with van der Waals surface area (Å²) in [5, 5.41) is 9.16. The van der Waals surface area contributed by atoms with E-state index < -0.39 is 0 Å². The molecule has 1 amide bonds. The van der Waals surface area contributed by atoms with E-state index >= 15 is 0 Å². The first-order chi connectivity index (χ1) is 12.1. The number of carbonyl (C=O) groups is 1. The number of nitrogens with one attached hydrogen (secondary N) is 3. The largest absolute Gasteiger partial charge is 0.357 e. The van der Waals surface area contributed by atoms with E-state index in [1.54, 1.807) is 23.5 Å². The monoisotopic (exact) mass is 354 g/mol. The second-order valence-corrected chi connectivity index (χ2v) is 6.71. The van der Waals surface area contributed by atoms with Gasteiger partial charge in [0, 0.05) is 27.5 Å². The van der Waals surface area contributed by atoms with Crippen LogP contribution < -0.4 is 16.0 Å². The predicted molar refractivity (Wildman–Crippen MR) is 105 cm³/mol. The first-order valence-corrected chi connectivity index (χ1v) is 8.86. The SMILES string of the molecule is C#Cc1cccc(NC(=O)CN=C(NCC)NCc2ccc(C)s2)c1. The lowest BCUT2D eigenvalue weighted by molar-refractivity contribution is -0.114. The maximum atomic E-state index is 12.1. The highest BCUT2D eigenvalue weighted by Gasteiger charge is 2.04. The number of carbonyl (C=O) groups excluding carboxylic acids is 1. The lowest BCUT2D eigenvalue weighted by Gasteiger charge is -2.10. The maximum Gasteiger partial charge on any atom is 0.246 e. The summed E-state index contributed by atoms with van der Waals surface area (Å²) in [6, 6.07) is 11.3. The van der Waals surface area contributed by atoms with Crippen molar-refractivity contribution in [2.45, 2.75) is 20.4 Å². The van der Waals surface area contributed by atoms with Crippen molar-refractivity contribution in [2.24, 2.45) is 4.99 Å². The van der Waals surface area contributed by atoms with Gasteiger partial charge in [0.15, 0.2) is 5.96 Å². The van der Waals surface area contributed by atoms with Crippen LogP contribution in [0.5, 0.6) is 0 Å². The number of benzene rings is 1. The molecule has 0 aliphatic heterocycles. The van der Waals surface area contributed by atoms with Gasteiger partial charge >= 0.3 is 0 Å². The molecular weight excluding hydrogens is 332 g/mol. The van der Waals surface area contributed by atoms with Crippen molar-refractivity contribution in [2.75, 3.05) is 18.4 Å². The standard InChI is InChI=1S/C19H22N4OS/c1-4-15-7-6-8-16(11-15)23-18(24)13-22-19(20-5-2)21-12-17-10-9-14(3)25-17/h1,6-11H,5,12-13H2,2-3H3,(H,23,24)(H2,20,21,22). The third-order valence-corrected chi connectivity index (χ3v) is 4.26. The summed E-state index contributed by atoms with van der Waals surface area (Å²) in [6.45, 7) is 5.49. The third kappa shape index (κ3) is 6.32. The molecule has 2 rings (SSSR count). The van der Waals surface area contributed by atoms with Gasteiger partial charge in [-0.15, -0.1) is 17.8 Å². The molecule has 25 heavy (non-hydrogen) atoms. The minimum Gasteiger partial charge on any atom is -0.357 e. The van der Waals surface area contributed by atoms with E-state index in [1.165, 1.54) is 9.75 Å². The number of nitrogens with zero attached hydrogens (tertiary/aromatic N) is 1. The molecule has 1 aromatic carbocycles.